The standard InChI is InChI=1S/C12H13N3O3/c1-3-18-12(16)11-10(15-13)8-6-7(17-2)4-5-9(8)14-11/h4-6,11,14H,3H2,1-2H3. The Hall–Kier alpha value is -2.33. The molecule has 1 aromatic rings. The first-order chi connectivity index (χ1) is 8.71. The van der Waals surface area contributed by atoms with Crippen LogP contribution in [-0.2, 0) is 9.53 Å². The minimum Gasteiger partial charge on any atom is -0.497 e. The summed E-state index contributed by atoms with van der Waals surface area (Å²) in [5.74, 6) is 0.154. The van der Waals surface area contributed by atoms with Gasteiger partial charge in [0.15, 0.2) is 0 Å². The first kappa shape index (κ1) is 12.1. The van der Waals surface area contributed by atoms with Gasteiger partial charge in [-0.15, -0.1) is 0 Å². The molecule has 1 aliphatic heterocycles. The third kappa shape index (κ3) is 1.94. The number of anilines is 1. The highest BCUT2D eigenvalue weighted by atomic mass is 16.5. The summed E-state index contributed by atoms with van der Waals surface area (Å²) in [6.45, 7) is 1.99. The zero-order valence-electron chi connectivity index (χ0n) is 10.1. The zero-order valence-corrected chi connectivity index (χ0v) is 10.1. The first-order valence-corrected chi connectivity index (χ1v) is 5.54. The SMILES string of the molecule is CCOC(=O)C1Nc2ccc(OC)cc2C1=[N+]=[N-]. The molecular formula is C12H13N3O3. The molecule has 0 saturated carbocycles. The van der Waals surface area contributed by atoms with Crippen molar-refractivity contribution in [2.45, 2.75) is 13.0 Å². The molecule has 1 heterocycles. The first-order valence-electron chi connectivity index (χ1n) is 5.54. The number of nitrogens with one attached hydrogen (secondary N) is 1. The van der Waals surface area contributed by atoms with Crippen LogP contribution in [-0.4, -0.2) is 36.2 Å². The summed E-state index contributed by atoms with van der Waals surface area (Å²) in [4.78, 5) is 14.9. The summed E-state index contributed by atoms with van der Waals surface area (Å²) < 4.78 is 10.0. The highest BCUT2D eigenvalue weighted by molar-refractivity contribution is 6.20. The number of benzene rings is 1. The molecule has 2 rings (SSSR count). The third-order valence-electron chi connectivity index (χ3n) is 2.71. The lowest BCUT2D eigenvalue weighted by atomic mass is 10.1. The quantitative estimate of drug-likeness (QED) is 0.492. The number of esters is 1. The lowest BCUT2D eigenvalue weighted by Crippen LogP contribution is -2.34. The van der Waals surface area contributed by atoms with Crippen molar-refractivity contribution >= 4 is 17.4 Å². The lowest BCUT2D eigenvalue weighted by Gasteiger charge is -2.06. The van der Waals surface area contributed by atoms with Gasteiger partial charge in [0.1, 0.15) is 5.75 Å². The fourth-order valence-electron chi connectivity index (χ4n) is 1.88. The van der Waals surface area contributed by atoms with E-state index in [1.54, 1.807) is 32.2 Å². The Bertz CT molecular complexity index is 535. The van der Waals surface area contributed by atoms with Crippen LogP contribution < -0.4 is 10.1 Å². The van der Waals surface area contributed by atoms with Crippen LogP contribution in [0.25, 0.3) is 5.53 Å². The maximum atomic E-state index is 11.7. The van der Waals surface area contributed by atoms with Gasteiger partial charge in [-0.1, -0.05) is 0 Å². The van der Waals surface area contributed by atoms with E-state index < -0.39 is 12.0 Å². The molecule has 0 aliphatic carbocycles. The summed E-state index contributed by atoms with van der Waals surface area (Å²) >= 11 is 0. The zero-order chi connectivity index (χ0) is 13.1. The number of carbonyl (C=O) groups excluding carboxylic acids is 1. The van der Waals surface area contributed by atoms with Crippen LogP contribution in [0.3, 0.4) is 0 Å². The molecule has 0 spiro atoms. The van der Waals surface area contributed by atoms with Crippen molar-refractivity contribution in [2.75, 3.05) is 19.0 Å². The molecule has 0 bridgehead atoms. The number of hydrogen-bond donors (Lipinski definition) is 1. The van der Waals surface area contributed by atoms with E-state index in [1.165, 1.54) is 0 Å². The molecule has 0 amide bonds. The van der Waals surface area contributed by atoms with Gasteiger partial charge in [0, 0.05) is 0 Å². The van der Waals surface area contributed by atoms with E-state index in [1.807, 2.05) is 0 Å². The average molecular weight is 247 g/mol. The summed E-state index contributed by atoms with van der Waals surface area (Å²) in [6.07, 6.45) is 0. The van der Waals surface area contributed by atoms with E-state index in [0.29, 0.717) is 17.0 Å². The van der Waals surface area contributed by atoms with Crippen LogP contribution in [0.2, 0.25) is 0 Å². The third-order valence-corrected chi connectivity index (χ3v) is 2.71. The van der Waals surface area contributed by atoms with Crippen LogP contribution in [0.15, 0.2) is 18.2 Å². The summed E-state index contributed by atoms with van der Waals surface area (Å²) in [7, 11) is 1.54. The van der Waals surface area contributed by atoms with Crippen LogP contribution in [0, 0.1) is 0 Å². The number of rotatable bonds is 3. The summed E-state index contributed by atoms with van der Waals surface area (Å²) in [6, 6.07) is 4.45. The van der Waals surface area contributed by atoms with Gasteiger partial charge in [0.2, 0.25) is 6.04 Å². The molecule has 0 radical (unpaired) electrons. The smallest absolute Gasteiger partial charge is 0.341 e. The Morgan fingerprint density at radius 3 is 2.94 bits per heavy atom. The van der Waals surface area contributed by atoms with Crippen LogP contribution in [0.5, 0.6) is 5.75 Å². The molecule has 1 N–H and O–H groups in total. The fraction of sp³-hybridized carbons (Fsp3) is 0.333. The van der Waals surface area contributed by atoms with Gasteiger partial charge >= 0.3 is 11.7 Å². The second kappa shape index (κ2) is 4.89. The Labute approximate surface area is 104 Å². The number of methoxy groups -OCH3 is 1. The van der Waals surface area contributed by atoms with Gasteiger partial charge < -0.3 is 20.3 Å². The van der Waals surface area contributed by atoms with Gasteiger partial charge in [0.05, 0.1) is 25.0 Å². The monoisotopic (exact) mass is 247 g/mol. The van der Waals surface area contributed by atoms with Gasteiger partial charge in [-0.05, 0) is 25.1 Å². The molecule has 1 aliphatic rings. The van der Waals surface area contributed by atoms with Crippen molar-refractivity contribution in [1.29, 1.82) is 0 Å². The van der Waals surface area contributed by atoms with Crippen molar-refractivity contribution < 1.29 is 19.1 Å². The number of carbonyl (C=O) groups is 1. The Morgan fingerprint density at radius 1 is 1.56 bits per heavy atom. The summed E-state index contributed by atoms with van der Waals surface area (Å²) in [5, 5.41) is 2.95. The molecule has 0 saturated heterocycles. The van der Waals surface area contributed by atoms with Crippen molar-refractivity contribution in [2.24, 2.45) is 0 Å². The van der Waals surface area contributed by atoms with Gasteiger partial charge in [0.25, 0.3) is 0 Å². The largest absolute Gasteiger partial charge is 0.497 e. The van der Waals surface area contributed by atoms with Gasteiger partial charge in [-0.3, -0.25) is 0 Å². The topological polar surface area (TPSA) is 84.0 Å². The van der Waals surface area contributed by atoms with E-state index in [4.69, 9.17) is 15.0 Å². The molecule has 1 aromatic carbocycles. The second-order valence-corrected chi connectivity index (χ2v) is 3.73. The molecular weight excluding hydrogens is 234 g/mol. The van der Waals surface area contributed by atoms with Crippen LogP contribution >= 0.6 is 0 Å². The Balaban J connectivity index is 2.38. The highest BCUT2D eigenvalue weighted by Crippen LogP contribution is 2.29. The predicted molar refractivity (Wildman–Crippen MR) is 64.8 cm³/mol. The normalized spacial score (nSPS) is 16.6. The molecule has 6 heteroatoms. The lowest BCUT2D eigenvalue weighted by molar-refractivity contribution is -0.143. The minimum atomic E-state index is -0.781. The minimum absolute atomic E-state index is 0.238. The van der Waals surface area contributed by atoms with Crippen LogP contribution in [0.1, 0.15) is 12.5 Å². The van der Waals surface area contributed by atoms with E-state index >= 15 is 0 Å². The van der Waals surface area contributed by atoms with E-state index in [0.717, 1.165) is 0 Å². The molecule has 1 atom stereocenters. The van der Waals surface area contributed by atoms with Crippen LogP contribution in [0.4, 0.5) is 5.69 Å². The average Bonchev–Trinajstić information content (AvgIpc) is 2.76. The summed E-state index contributed by atoms with van der Waals surface area (Å²) in [5.41, 5.74) is 10.6. The van der Waals surface area contributed by atoms with E-state index in [2.05, 4.69) is 10.1 Å². The van der Waals surface area contributed by atoms with Gasteiger partial charge in [-0.25, -0.2) is 4.79 Å². The number of fused-ring (bicyclic) bond motifs is 1. The Morgan fingerprint density at radius 2 is 2.33 bits per heavy atom. The molecule has 0 fully saturated rings. The number of ether oxygens (including phenoxy) is 2. The van der Waals surface area contributed by atoms with Crippen molar-refractivity contribution in [3.8, 4) is 5.75 Å². The second-order valence-electron chi connectivity index (χ2n) is 3.73. The number of nitrogens with zero attached hydrogens (tertiary/aromatic N) is 2. The maximum Gasteiger partial charge on any atom is 0.341 e. The molecule has 94 valence electrons. The fourth-order valence-corrected chi connectivity index (χ4v) is 1.88. The molecule has 6 nitrogen and oxygen atoms in total. The molecule has 0 aromatic heterocycles. The Kier molecular flexibility index (Phi) is 3.30. The molecule has 1 unspecified atom stereocenters. The highest BCUT2D eigenvalue weighted by Gasteiger charge is 2.41. The van der Waals surface area contributed by atoms with Crippen molar-refractivity contribution in [3.63, 3.8) is 0 Å². The maximum absolute atomic E-state index is 11.7. The van der Waals surface area contributed by atoms with Crippen molar-refractivity contribution in [1.82, 2.24) is 0 Å². The van der Waals surface area contributed by atoms with E-state index in [-0.39, 0.29) is 12.3 Å². The molecule has 18 heavy (non-hydrogen) atoms. The number of hydrogen-bond acceptors (Lipinski definition) is 4. The van der Waals surface area contributed by atoms with Crippen molar-refractivity contribution in [3.05, 3.63) is 29.3 Å². The predicted octanol–water partition coefficient (Wildman–Crippen LogP) is 1.07. The van der Waals surface area contributed by atoms with E-state index in [9.17, 15) is 4.79 Å². The van der Waals surface area contributed by atoms with Gasteiger partial charge in [-0.2, -0.15) is 4.79 Å².